The molecule has 0 spiro atoms. The lowest BCUT2D eigenvalue weighted by molar-refractivity contribution is -0.139. The van der Waals surface area contributed by atoms with E-state index >= 15 is 0 Å². The molecule has 2 aromatic heterocycles. The lowest BCUT2D eigenvalue weighted by Crippen LogP contribution is -2.44. The van der Waals surface area contributed by atoms with Crippen molar-refractivity contribution in [2.24, 2.45) is 5.92 Å². The van der Waals surface area contributed by atoms with Crippen molar-refractivity contribution in [3.8, 4) is 0 Å². The number of carbonyl (C=O) groups excluding carboxylic acids is 1. The molecule has 1 atom stereocenters. The monoisotopic (exact) mass is 395 g/mol. The Morgan fingerprint density at radius 2 is 2.03 bits per heavy atom. The number of likely N-dealkylation sites (tertiary alicyclic amines) is 1. The Morgan fingerprint density at radius 1 is 1.21 bits per heavy atom. The molecule has 0 aliphatic carbocycles. The van der Waals surface area contributed by atoms with E-state index in [4.69, 9.17) is 14.7 Å². The van der Waals surface area contributed by atoms with Crippen molar-refractivity contribution in [3.05, 3.63) is 41.5 Å². The maximum atomic E-state index is 13.0. The lowest BCUT2D eigenvalue weighted by atomic mass is 9.93. The van der Waals surface area contributed by atoms with Gasteiger partial charge in [0.1, 0.15) is 17.5 Å². The minimum Gasteiger partial charge on any atom is -0.381 e. The number of hydrogen-bond acceptors (Lipinski definition) is 6. The number of pyridine rings is 1. The summed E-state index contributed by atoms with van der Waals surface area (Å²) in [4.78, 5) is 28.8. The highest BCUT2D eigenvalue weighted by atomic mass is 16.5. The van der Waals surface area contributed by atoms with Gasteiger partial charge in [0.05, 0.1) is 0 Å². The van der Waals surface area contributed by atoms with Gasteiger partial charge < -0.3 is 15.0 Å². The van der Waals surface area contributed by atoms with Crippen LogP contribution in [0.25, 0.3) is 0 Å². The minimum absolute atomic E-state index is 0.102. The summed E-state index contributed by atoms with van der Waals surface area (Å²) in [5.74, 6) is 2.90. The number of ether oxygens (including phenoxy) is 1. The lowest BCUT2D eigenvalue weighted by Gasteiger charge is -2.35. The molecule has 0 saturated carbocycles. The first-order valence-corrected chi connectivity index (χ1v) is 10.5. The summed E-state index contributed by atoms with van der Waals surface area (Å²) < 4.78 is 5.41. The Hall–Kier alpha value is -2.54. The molecule has 0 aromatic carbocycles. The molecule has 7 heteroatoms. The van der Waals surface area contributed by atoms with E-state index in [1.165, 1.54) is 0 Å². The Morgan fingerprint density at radius 3 is 2.83 bits per heavy atom. The van der Waals surface area contributed by atoms with Gasteiger partial charge in [-0.3, -0.25) is 4.79 Å². The van der Waals surface area contributed by atoms with Crippen LogP contribution in [0, 0.1) is 19.8 Å². The molecular formula is C22H29N5O2. The number of amides is 1. The standard InChI is InChI=1S/C22H29N5O2/c1-15-5-3-9-23-20(15)25-19-13-16(2)24-21(26-19)18-6-4-10-27(14-18)22(28)17-7-11-29-12-8-17/h3,5,9,13,17-18H,4,6-8,10-12,14H2,1-2H3,(H,23,24,25,26)/t18-/m0/s1. The van der Waals surface area contributed by atoms with Crippen LogP contribution in [0.3, 0.4) is 0 Å². The molecule has 0 bridgehead atoms. The van der Waals surface area contributed by atoms with Gasteiger partial charge in [0.2, 0.25) is 5.91 Å². The molecule has 2 saturated heterocycles. The topological polar surface area (TPSA) is 80.2 Å². The van der Waals surface area contributed by atoms with Gasteiger partial charge in [-0.2, -0.15) is 0 Å². The zero-order valence-corrected chi connectivity index (χ0v) is 17.2. The zero-order valence-electron chi connectivity index (χ0n) is 17.2. The fourth-order valence-electron chi connectivity index (χ4n) is 4.17. The molecule has 2 aliphatic heterocycles. The number of carbonyl (C=O) groups is 1. The second-order valence-electron chi connectivity index (χ2n) is 8.06. The molecule has 1 amide bonds. The smallest absolute Gasteiger partial charge is 0.225 e. The number of nitrogens with zero attached hydrogens (tertiary/aromatic N) is 4. The third-order valence-electron chi connectivity index (χ3n) is 5.80. The average Bonchev–Trinajstić information content (AvgIpc) is 2.75. The molecule has 29 heavy (non-hydrogen) atoms. The molecule has 7 nitrogen and oxygen atoms in total. The SMILES string of the molecule is Cc1cc(Nc2ncccc2C)nc([C@H]2CCCN(C(=O)C3CCOCC3)C2)n1. The molecule has 0 unspecified atom stereocenters. The summed E-state index contributed by atoms with van der Waals surface area (Å²) in [6.07, 6.45) is 5.42. The summed E-state index contributed by atoms with van der Waals surface area (Å²) in [5, 5.41) is 3.32. The van der Waals surface area contributed by atoms with Crippen molar-refractivity contribution < 1.29 is 9.53 Å². The third-order valence-corrected chi connectivity index (χ3v) is 5.80. The van der Waals surface area contributed by atoms with Crippen LogP contribution in [-0.2, 0) is 9.53 Å². The molecule has 154 valence electrons. The average molecular weight is 396 g/mol. The van der Waals surface area contributed by atoms with Crippen molar-refractivity contribution in [1.82, 2.24) is 19.9 Å². The predicted molar refractivity (Wildman–Crippen MR) is 111 cm³/mol. The van der Waals surface area contributed by atoms with E-state index in [1.807, 2.05) is 36.9 Å². The van der Waals surface area contributed by atoms with Gasteiger partial charge >= 0.3 is 0 Å². The summed E-state index contributed by atoms with van der Waals surface area (Å²) in [5.41, 5.74) is 1.98. The van der Waals surface area contributed by atoms with Gasteiger partial charge in [0.25, 0.3) is 0 Å². The predicted octanol–water partition coefficient (Wildman–Crippen LogP) is 3.36. The molecule has 0 radical (unpaired) electrons. The van der Waals surface area contributed by atoms with Crippen molar-refractivity contribution in [2.75, 3.05) is 31.6 Å². The van der Waals surface area contributed by atoms with Crippen LogP contribution in [0.15, 0.2) is 24.4 Å². The maximum absolute atomic E-state index is 13.0. The summed E-state index contributed by atoms with van der Waals surface area (Å²) in [6.45, 7) is 6.91. The summed E-state index contributed by atoms with van der Waals surface area (Å²) in [7, 11) is 0. The summed E-state index contributed by atoms with van der Waals surface area (Å²) >= 11 is 0. The fraction of sp³-hybridized carbons (Fsp3) is 0.545. The number of hydrogen-bond donors (Lipinski definition) is 1. The Bertz CT molecular complexity index is 866. The Kier molecular flexibility index (Phi) is 6.04. The first-order valence-electron chi connectivity index (χ1n) is 10.5. The van der Waals surface area contributed by atoms with E-state index in [0.29, 0.717) is 19.8 Å². The zero-order chi connectivity index (χ0) is 20.2. The van der Waals surface area contributed by atoms with Gasteiger partial charge in [-0.25, -0.2) is 15.0 Å². The van der Waals surface area contributed by atoms with Crippen LogP contribution >= 0.6 is 0 Å². The summed E-state index contributed by atoms with van der Waals surface area (Å²) in [6, 6.07) is 5.87. The van der Waals surface area contributed by atoms with Crippen molar-refractivity contribution in [3.63, 3.8) is 0 Å². The Balaban J connectivity index is 1.49. The van der Waals surface area contributed by atoms with Crippen molar-refractivity contribution in [2.45, 2.75) is 45.4 Å². The highest BCUT2D eigenvalue weighted by Gasteiger charge is 2.31. The molecule has 4 rings (SSSR count). The fourth-order valence-corrected chi connectivity index (χ4v) is 4.17. The Labute approximate surface area is 171 Å². The molecular weight excluding hydrogens is 366 g/mol. The van der Waals surface area contributed by atoms with Gasteiger partial charge in [0, 0.05) is 56.1 Å². The molecule has 2 aromatic rings. The quantitative estimate of drug-likeness (QED) is 0.855. The van der Waals surface area contributed by atoms with E-state index in [1.54, 1.807) is 6.20 Å². The number of piperidine rings is 1. The van der Waals surface area contributed by atoms with E-state index in [0.717, 1.165) is 60.9 Å². The van der Waals surface area contributed by atoms with Crippen LogP contribution in [0.4, 0.5) is 11.6 Å². The number of aromatic nitrogens is 3. The van der Waals surface area contributed by atoms with Crippen molar-refractivity contribution >= 4 is 17.5 Å². The number of anilines is 2. The molecule has 1 N–H and O–H groups in total. The van der Waals surface area contributed by atoms with Crippen LogP contribution in [0.2, 0.25) is 0 Å². The van der Waals surface area contributed by atoms with E-state index in [9.17, 15) is 4.79 Å². The first-order chi connectivity index (χ1) is 14.1. The molecule has 2 fully saturated rings. The maximum Gasteiger partial charge on any atom is 0.225 e. The third kappa shape index (κ3) is 4.72. The second kappa shape index (κ2) is 8.86. The number of rotatable bonds is 4. The van der Waals surface area contributed by atoms with Gasteiger partial charge in [-0.1, -0.05) is 6.07 Å². The van der Waals surface area contributed by atoms with E-state index in [-0.39, 0.29) is 17.7 Å². The van der Waals surface area contributed by atoms with E-state index < -0.39 is 0 Å². The largest absolute Gasteiger partial charge is 0.381 e. The normalized spacial score (nSPS) is 20.5. The number of nitrogens with one attached hydrogen (secondary N) is 1. The van der Waals surface area contributed by atoms with Gasteiger partial charge in [-0.15, -0.1) is 0 Å². The number of aryl methyl sites for hydroxylation is 2. The minimum atomic E-state index is 0.102. The van der Waals surface area contributed by atoms with Crippen molar-refractivity contribution in [1.29, 1.82) is 0 Å². The van der Waals surface area contributed by atoms with Crippen LogP contribution in [-0.4, -0.2) is 52.1 Å². The van der Waals surface area contributed by atoms with Gasteiger partial charge in [0.15, 0.2) is 0 Å². The second-order valence-corrected chi connectivity index (χ2v) is 8.06. The van der Waals surface area contributed by atoms with Gasteiger partial charge in [-0.05, 0) is 51.2 Å². The highest BCUT2D eigenvalue weighted by molar-refractivity contribution is 5.79. The molecule has 4 heterocycles. The molecule has 2 aliphatic rings. The van der Waals surface area contributed by atoms with Crippen LogP contribution in [0.5, 0.6) is 0 Å². The first kappa shape index (κ1) is 19.8. The van der Waals surface area contributed by atoms with Crippen LogP contribution < -0.4 is 5.32 Å². The highest BCUT2D eigenvalue weighted by Crippen LogP contribution is 2.28. The van der Waals surface area contributed by atoms with Crippen LogP contribution in [0.1, 0.15) is 48.7 Å². The van der Waals surface area contributed by atoms with E-state index in [2.05, 4.69) is 10.3 Å².